The van der Waals surface area contributed by atoms with E-state index in [2.05, 4.69) is 31.6 Å². The summed E-state index contributed by atoms with van der Waals surface area (Å²) in [5, 5.41) is 12.0. The first kappa shape index (κ1) is 15.6. The van der Waals surface area contributed by atoms with Crippen molar-refractivity contribution < 1.29 is 0 Å². The molecule has 0 spiro atoms. The Morgan fingerprint density at radius 2 is 2.35 bits per heavy atom. The Bertz CT molecular complexity index is 629. The number of aliphatic imine (C=N–C) groups is 1. The van der Waals surface area contributed by atoms with E-state index in [0.717, 1.165) is 45.0 Å². The average Bonchev–Trinajstić information content (AvgIpc) is 3.28. The number of nitrogens with zero attached hydrogens (tertiary/aromatic N) is 6. The van der Waals surface area contributed by atoms with Crippen LogP contribution < -0.4 is 5.32 Å². The summed E-state index contributed by atoms with van der Waals surface area (Å²) in [7, 11) is 3.82. The van der Waals surface area contributed by atoms with E-state index >= 15 is 0 Å². The zero-order valence-corrected chi connectivity index (χ0v) is 13.9. The Balaban J connectivity index is 1.45. The molecule has 1 aliphatic rings. The summed E-state index contributed by atoms with van der Waals surface area (Å²) in [5.41, 5.74) is 1.32. The van der Waals surface area contributed by atoms with Crippen molar-refractivity contribution >= 4 is 5.96 Å². The topological polar surface area (TPSA) is 63.3 Å². The molecule has 3 rings (SSSR count). The smallest absolute Gasteiger partial charge is 0.193 e. The van der Waals surface area contributed by atoms with Gasteiger partial charge in [-0.15, -0.1) is 0 Å². The molecule has 1 unspecified atom stereocenters. The molecule has 0 bridgehead atoms. The van der Waals surface area contributed by atoms with Crippen molar-refractivity contribution in [3.05, 3.63) is 36.4 Å². The van der Waals surface area contributed by atoms with Crippen molar-refractivity contribution in [1.82, 2.24) is 29.8 Å². The summed E-state index contributed by atoms with van der Waals surface area (Å²) in [6.45, 7) is 3.87. The highest BCUT2D eigenvalue weighted by Crippen LogP contribution is 2.26. The van der Waals surface area contributed by atoms with Gasteiger partial charge in [0.2, 0.25) is 0 Å². The highest BCUT2D eigenvalue weighted by molar-refractivity contribution is 5.80. The van der Waals surface area contributed by atoms with Gasteiger partial charge in [0.1, 0.15) is 0 Å². The number of hydrogen-bond acceptors (Lipinski definition) is 3. The van der Waals surface area contributed by atoms with E-state index in [1.54, 1.807) is 0 Å². The van der Waals surface area contributed by atoms with E-state index < -0.39 is 0 Å². The quantitative estimate of drug-likeness (QED) is 0.509. The number of aromatic nitrogens is 4. The van der Waals surface area contributed by atoms with E-state index in [-0.39, 0.29) is 0 Å². The van der Waals surface area contributed by atoms with Crippen LogP contribution in [0.25, 0.3) is 0 Å². The first-order valence-electron chi connectivity index (χ1n) is 8.18. The molecule has 2 aromatic rings. The number of nitrogens with one attached hydrogen (secondary N) is 1. The van der Waals surface area contributed by atoms with E-state index in [1.807, 2.05) is 48.1 Å². The maximum Gasteiger partial charge on any atom is 0.193 e. The third-order valence-corrected chi connectivity index (χ3v) is 4.30. The lowest BCUT2D eigenvalue weighted by atomic mass is 10.0. The molecule has 124 valence electrons. The minimum absolute atomic E-state index is 0.548. The molecule has 3 heterocycles. The highest BCUT2D eigenvalue weighted by atomic mass is 15.3. The standard InChI is InChI=1S/C16H25N7/c1-17-16(18-6-3-8-23-9-4-7-19-23)22-10-5-14(13-22)15-11-20-21(2)12-15/h4,7,9,11-12,14H,3,5-6,8,10,13H2,1-2H3,(H,17,18). The van der Waals surface area contributed by atoms with Crippen molar-refractivity contribution in [1.29, 1.82) is 0 Å². The highest BCUT2D eigenvalue weighted by Gasteiger charge is 2.26. The molecule has 0 aliphatic carbocycles. The normalized spacial score (nSPS) is 18.6. The first-order valence-corrected chi connectivity index (χ1v) is 8.18. The Labute approximate surface area is 137 Å². The summed E-state index contributed by atoms with van der Waals surface area (Å²) < 4.78 is 3.83. The summed E-state index contributed by atoms with van der Waals surface area (Å²) >= 11 is 0. The van der Waals surface area contributed by atoms with E-state index in [1.165, 1.54) is 5.56 Å². The lowest BCUT2D eigenvalue weighted by Crippen LogP contribution is -2.40. The minimum atomic E-state index is 0.548. The van der Waals surface area contributed by atoms with Crippen LogP contribution in [0.3, 0.4) is 0 Å². The van der Waals surface area contributed by atoms with Crippen molar-refractivity contribution in [2.24, 2.45) is 12.0 Å². The van der Waals surface area contributed by atoms with Crippen LogP contribution in [0, 0.1) is 0 Å². The van der Waals surface area contributed by atoms with Gasteiger partial charge in [0.25, 0.3) is 0 Å². The average molecular weight is 315 g/mol. The summed E-state index contributed by atoms with van der Waals surface area (Å²) in [5.74, 6) is 1.54. The van der Waals surface area contributed by atoms with Crippen molar-refractivity contribution in [2.75, 3.05) is 26.7 Å². The number of likely N-dealkylation sites (tertiary alicyclic amines) is 1. The minimum Gasteiger partial charge on any atom is -0.356 e. The Hall–Kier alpha value is -2.31. The molecule has 1 fully saturated rings. The molecule has 7 heteroatoms. The summed E-state index contributed by atoms with van der Waals surface area (Å²) in [6, 6.07) is 1.95. The third kappa shape index (κ3) is 3.91. The molecule has 0 amide bonds. The van der Waals surface area contributed by atoms with E-state index in [0.29, 0.717) is 5.92 Å². The third-order valence-electron chi connectivity index (χ3n) is 4.30. The van der Waals surface area contributed by atoms with Crippen molar-refractivity contribution in [2.45, 2.75) is 25.3 Å². The van der Waals surface area contributed by atoms with Gasteiger partial charge in [0, 0.05) is 64.8 Å². The van der Waals surface area contributed by atoms with Crippen molar-refractivity contribution in [3.8, 4) is 0 Å². The van der Waals surface area contributed by atoms with Crippen LogP contribution in [0.2, 0.25) is 0 Å². The van der Waals surface area contributed by atoms with Gasteiger partial charge < -0.3 is 10.2 Å². The molecule has 1 N–H and O–H groups in total. The van der Waals surface area contributed by atoms with Gasteiger partial charge in [-0.3, -0.25) is 14.4 Å². The van der Waals surface area contributed by atoms with Crippen LogP contribution in [0.1, 0.15) is 24.3 Å². The molecule has 1 saturated heterocycles. The van der Waals surface area contributed by atoms with Crippen LogP contribution >= 0.6 is 0 Å². The molecule has 0 aromatic carbocycles. The van der Waals surface area contributed by atoms with Gasteiger partial charge in [0.15, 0.2) is 5.96 Å². The molecule has 1 atom stereocenters. The molecular weight excluding hydrogens is 290 g/mol. The predicted octanol–water partition coefficient (Wildman–Crippen LogP) is 1.07. The van der Waals surface area contributed by atoms with E-state index in [9.17, 15) is 0 Å². The largest absolute Gasteiger partial charge is 0.356 e. The first-order chi connectivity index (χ1) is 11.3. The van der Waals surface area contributed by atoms with Crippen molar-refractivity contribution in [3.63, 3.8) is 0 Å². The molecule has 23 heavy (non-hydrogen) atoms. The molecular formula is C16H25N7. The maximum absolute atomic E-state index is 4.43. The number of guanidine groups is 1. The van der Waals surface area contributed by atoms with Gasteiger partial charge in [-0.2, -0.15) is 10.2 Å². The fourth-order valence-electron chi connectivity index (χ4n) is 3.08. The summed E-state index contributed by atoms with van der Waals surface area (Å²) in [6.07, 6.45) is 10.1. The monoisotopic (exact) mass is 315 g/mol. The van der Waals surface area contributed by atoms with Crippen LogP contribution in [0.15, 0.2) is 35.8 Å². The molecule has 1 aliphatic heterocycles. The fraction of sp³-hybridized carbons (Fsp3) is 0.562. The second-order valence-corrected chi connectivity index (χ2v) is 5.98. The second kappa shape index (κ2) is 7.30. The fourth-order valence-corrected chi connectivity index (χ4v) is 3.08. The Kier molecular flexibility index (Phi) is 4.95. The molecule has 2 aromatic heterocycles. The van der Waals surface area contributed by atoms with Gasteiger partial charge in [0.05, 0.1) is 6.20 Å². The number of aryl methyl sites for hydroxylation is 2. The van der Waals surface area contributed by atoms with Crippen LogP contribution in [-0.2, 0) is 13.6 Å². The lowest BCUT2D eigenvalue weighted by Gasteiger charge is -2.21. The second-order valence-electron chi connectivity index (χ2n) is 5.98. The van der Waals surface area contributed by atoms with Crippen LogP contribution in [0.5, 0.6) is 0 Å². The molecule has 0 saturated carbocycles. The van der Waals surface area contributed by atoms with Crippen LogP contribution in [0.4, 0.5) is 0 Å². The van der Waals surface area contributed by atoms with Crippen LogP contribution in [-0.4, -0.2) is 57.1 Å². The maximum atomic E-state index is 4.43. The number of hydrogen-bond donors (Lipinski definition) is 1. The molecule has 0 radical (unpaired) electrons. The summed E-state index contributed by atoms with van der Waals surface area (Å²) in [4.78, 5) is 6.76. The Morgan fingerprint density at radius 1 is 1.43 bits per heavy atom. The molecule has 7 nitrogen and oxygen atoms in total. The van der Waals surface area contributed by atoms with Gasteiger partial charge in [-0.25, -0.2) is 0 Å². The van der Waals surface area contributed by atoms with Gasteiger partial charge in [-0.05, 0) is 24.5 Å². The zero-order chi connectivity index (χ0) is 16.1. The lowest BCUT2D eigenvalue weighted by molar-refractivity contribution is 0.479. The SMILES string of the molecule is CN=C(NCCCn1cccn1)N1CCC(c2cnn(C)c2)C1. The number of rotatable bonds is 5. The zero-order valence-electron chi connectivity index (χ0n) is 13.9. The van der Waals surface area contributed by atoms with Gasteiger partial charge >= 0.3 is 0 Å². The van der Waals surface area contributed by atoms with E-state index in [4.69, 9.17) is 0 Å². The van der Waals surface area contributed by atoms with Gasteiger partial charge in [-0.1, -0.05) is 0 Å². The Morgan fingerprint density at radius 3 is 3.04 bits per heavy atom. The predicted molar refractivity (Wildman–Crippen MR) is 90.3 cm³/mol.